The molecule has 0 unspecified atom stereocenters. The fourth-order valence-corrected chi connectivity index (χ4v) is 2.29. The Balaban J connectivity index is 2.74. The highest BCUT2D eigenvalue weighted by molar-refractivity contribution is 7.10. The second-order valence-electron chi connectivity index (χ2n) is 5.18. The van der Waals surface area contributed by atoms with Crippen molar-refractivity contribution in [2.75, 3.05) is 6.61 Å². The molecule has 0 saturated heterocycles. The van der Waals surface area contributed by atoms with Gasteiger partial charge in [-0.15, -0.1) is 11.3 Å². The molecule has 0 aliphatic carbocycles. The number of aliphatic hydroxyl groups excluding tert-OH is 1. The third kappa shape index (κ3) is 4.80. The highest BCUT2D eigenvalue weighted by Gasteiger charge is 2.21. The number of ether oxygens (including phenoxy) is 1. The number of carbonyl (C=O) groups excluding carboxylic acids is 1. The monoisotopic (exact) mass is 301 g/mol. The minimum Gasteiger partial charge on any atom is -0.438 e. The first-order valence-electron chi connectivity index (χ1n) is 5.94. The molecule has 0 radical (unpaired) electrons. The van der Waals surface area contributed by atoms with Gasteiger partial charge in [-0.1, -0.05) is 0 Å². The number of alkyl carbamates (subject to hydrolysis) is 1. The maximum Gasteiger partial charge on any atom is 0.408 e. The first-order valence-corrected chi connectivity index (χ1v) is 6.82. The zero-order valence-corrected chi connectivity index (χ0v) is 12.4. The van der Waals surface area contributed by atoms with E-state index in [4.69, 9.17) is 15.4 Å². The van der Waals surface area contributed by atoms with E-state index >= 15 is 0 Å². The highest BCUT2D eigenvalue weighted by Crippen LogP contribution is 2.25. The summed E-state index contributed by atoms with van der Waals surface area (Å²) in [5.41, 5.74) is 1.75. The molecule has 0 saturated carbocycles. The molecular weight excluding hydrogens is 282 g/mol. The van der Waals surface area contributed by atoms with Gasteiger partial charge in [-0.25, -0.2) is 4.79 Å². The van der Waals surface area contributed by atoms with Crippen LogP contribution in [0.1, 0.15) is 37.3 Å². The van der Waals surface area contributed by atoms with E-state index in [2.05, 4.69) is 5.32 Å². The SMILES string of the molecule is CC(C)(C)NC(=O)O[C@@H](CO)c1cc(C(=N)NO)cs1. The number of carbonyl (C=O) groups is 1. The first-order chi connectivity index (χ1) is 9.26. The third-order valence-corrected chi connectivity index (χ3v) is 3.25. The van der Waals surface area contributed by atoms with Crippen molar-refractivity contribution in [2.24, 2.45) is 0 Å². The number of amidine groups is 1. The summed E-state index contributed by atoms with van der Waals surface area (Å²) in [6, 6.07) is 1.57. The van der Waals surface area contributed by atoms with Crippen LogP contribution >= 0.6 is 11.3 Å². The van der Waals surface area contributed by atoms with Crippen molar-refractivity contribution in [3.8, 4) is 0 Å². The summed E-state index contributed by atoms with van der Waals surface area (Å²) >= 11 is 1.23. The molecule has 0 aliphatic rings. The number of amides is 1. The number of hydrogen-bond acceptors (Lipinski definition) is 6. The number of aliphatic hydroxyl groups is 1. The Hall–Kier alpha value is -1.64. The lowest BCUT2D eigenvalue weighted by atomic mass is 10.1. The average Bonchev–Trinajstić information content (AvgIpc) is 2.82. The lowest BCUT2D eigenvalue weighted by molar-refractivity contribution is 0.0549. The molecule has 0 fully saturated rings. The van der Waals surface area contributed by atoms with Crippen molar-refractivity contribution in [3.05, 3.63) is 21.9 Å². The third-order valence-electron chi connectivity index (χ3n) is 2.23. The van der Waals surface area contributed by atoms with Crippen LogP contribution in [0.5, 0.6) is 0 Å². The second kappa shape index (κ2) is 6.69. The van der Waals surface area contributed by atoms with Crippen molar-refractivity contribution < 1.29 is 19.8 Å². The van der Waals surface area contributed by atoms with Gasteiger partial charge in [0.25, 0.3) is 0 Å². The standard InChI is InChI=1S/C12H19N3O4S/c1-12(2,3)14-11(17)19-8(5-16)9-4-7(6-20-9)10(13)15-18/h4,6,8,16,18H,5H2,1-3H3,(H2,13,15)(H,14,17)/t8-/m0/s1. The van der Waals surface area contributed by atoms with E-state index in [0.29, 0.717) is 10.4 Å². The molecule has 0 aromatic carbocycles. The van der Waals surface area contributed by atoms with Gasteiger partial charge < -0.3 is 15.2 Å². The number of rotatable bonds is 4. The molecule has 1 aromatic rings. The van der Waals surface area contributed by atoms with E-state index in [1.54, 1.807) is 16.9 Å². The molecule has 1 rings (SSSR count). The van der Waals surface area contributed by atoms with E-state index < -0.39 is 17.7 Å². The minimum absolute atomic E-state index is 0.164. The molecule has 1 aromatic heterocycles. The zero-order valence-electron chi connectivity index (χ0n) is 11.6. The van der Waals surface area contributed by atoms with E-state index in [9.17, 15) is 9.90 Å². The van der Waals surface area contributed by atoms with Gasteiger partial charge in [0.1, 0.15) is 5.84 Å². The number of hydroxylamine groups is 1. The summed E-state index contributed by atoms with van der Waals surface area (Å²) in [5.74, 6) is -0.164. The summed E-state index contributed by atoms with van der Waals surface area (Å²) in [5, 5.41) is 29.6. The smallest absolute Gasteiger partial charge is 0.408 e. The van der Waals surface area contributed by atoms with Crippen LogP contribution < -0.4 is 10.8 Å². The van der Waals surface area contributed by atoms with Crippen molar-refractivity contribution in [3.63, 3.8) is 0 Å². The summed E-state index contributed by atoms with van der Waals surface area (Å²) in [6.07, 6.45) is -1.43. The summed E-state index contributed by atoms with van der Waals surface area (Å²) in [4.78, 5) is 12.3. The lowest BCUT2D eigenvalue weighted by Gasteiger charge is -2.22. The summed E-state index contributed by atoms with van der Waals surface area (Å²) in [7, 11) is 0. The van der Waals surface area contributed by atoms with Gasteiger partial charge in [-0.2, -0.15) is 0 Å². The molecule has 8 heteroatoms. The molecule has 7 nitrogen and oxygen atoms in total. The fourth-order valence-electron chi connectivity index (χ4n) is 1.37. The summed E-state index contributed by atoms with van der Waals surface area (Å²) in [6.45, 7) is 5.09. The molecule has 0 bridgehead atoms. The van der Waals surface area contributed by atoms with Crippen LogP contribution in [0.2, 0.25) is 0 Å². The van der Waals surface area contributed by atoms with Gasteiger partial charge in [0.2, 0.25) is 0 Å². The highest BCUT2D eigenvalue weighted by atomic mass is 32.1. The molecule has 112 valence electrons. The van der Waals surface area contributed by atoms with E-state index in [1.807, 2.05) is 20.8 Å². The Kier molecular flexibility index (Phi) is 5.49. The Morgan fingerprint density at radius 3 is 2.70 bits per heavy atom. The van der Waals surface area contributed by atoms with Crippen LogP contribution in [-0.2, 0) is 4.74 Å². The van der Waals surface area contributed by atoms with Crippen LogP contribution in [0.25, 0.3) is 0 Å². The Morgan fingerprint density at radius 2 is 2.20 bits per heavy atom. The predicted octanol–water partition coefficient (Wildman–Crippen LogP) is 1.61. The van der Waals surface area contributed by atoms with Crippen molar-refractivity contribution in [1.82, 2.24) is 10.8 Å². The lowest BCUT2D eigenvalue weighted by Crippen LogP contribution is -2.41. The molecule has 5 N–H and O–H groups in total. The first kappa shape index (κ1) is 16.4. The minimum atomic E-state index is -0.803. The van der Waals surface area contributed by atoms with Gasteiger partial charge in [0.15, 0.2) is 6.10 Å². The quantitative estimate of drug-likeness (QED) is 0.329. The predicted molar refractivity (Wildman–Crippen MR) is 75.3 cm³/mol. The molecule has 1 heterocycles. The van der Waals surface area contributed by atoms with Crippen molar-refractivity contribution in [2.45, 2.75) is 32.4 Å². The molecule has 0 aliphatic heterocycles. The van der Waals surface area contributed by atoms with Crippen molar-refractivity contribution >= 4 is 23.3 Å². The Labute approximate surface area is 121 Å². The van der Waals surface area contributed by atoms with Crippen molar-refractivity contribution in [1.29, 1.82) is 5.41 Å². The molecule has 0 spiro atoms. The van der Waals surface area contributed by atoms with Crippen LogP contribution in [0.15, 0.2) is 11.4 Å². The van der Waals surface area contributed by atoms with Gasteiger partial charge in [-0.3, -0.25) is 16.1 Å². The van der Waals surface area contributed by atoms with E-state index in [0.717, 1.165) is 0 Å². The van der Waals surface area contributed by atoms with Gasteiger partial charge in [-0.05, 0) is 26.8 Å². The van der Waals surface area contributed by atoms with E-state index in [1.165, 1.54) is 11.3 Å². The van der Waals surface area contributed by atoms with Gasteiger partial charge in [0, 0.05) is 21.4 Å². The fraction of sp³-hybridized carbons (Fsp3) is 0.500. The van der Waals surface area contributed by atoms with Crippen LogP contribution in [0, 0.1) is 5.41 Å². The Morgan fingerprint density at radius 1 is 1.55 bits per heavy atom. The maximum absolute atomic E-state index is 11.7. The van der Waals surface area contributed by atoms with Crippen LogP contribution in [0.3, 0.4) is 0 Å². The van der Waals surface area contributed by atoms with Crippen LogP contribution in [-0.4, -0.2) is 34.4 Å². The largest absolute Gasteiger partial charge is 0.438 e. The average molecular weight is 301 g/mol. The van der Waals surface area contributed by atoms with Gasteiger partial charge in [0.05, 0.1) is 6.61 Å². The molecule has 20 heavy (non-hydrogen) atoms. The maximum atomic E-state index is 11.7. The second-order valence-corrected chi connectivity index (χ2v) is 6.12. The normalized spacial score (nSPS) is 12.7. The van der Waals surface area contributed by atoms with Crippen LogP contribution in [0.4, 0.5) is 4.79 Å². The van der Waals surface area contributed by atoms with E-state index in [-0.39, 0.29) is 12.4 Å². The molecular formula is C12H19N3O4S. The summed E-state index contributed by atoms with van der Waals surface area (Å²) < 4.78 is 5.15. The zero-order chi connectivity index (χ0) is 15.3. The molecule has 1 atom stereocenters. The number of nitrogens with one attached hydrogen (secondary N) is 3. The number of thiophene rings is 1. The number of hydrogen-bond donors (Lipinski definition) is 5. The van der Waals surface area contributed by atoms with Gasteiger partial charge >= 0.3 is 6.09 Å². The topological polar surface area (TPSA) is 115 Å². The Bertz CT molecular complexity index is 481. The molecule has 1 amide bonds.